The van der Waals surface area contributed by atoms with Crippen molar-refractivity contribution >= 4 is 23.6 Å². The Hall–Kier alpha value is -1.32. The van der Waals surface area contributed by atoms with Crippen LogP contribution in [0.2, 0.25) is 5.02 Å². The van der Waals surface area contributed by atoms with Gasteiger partial charge in [0.1, 0.15) is 0 Å². The van der Waals surface area contributed by atoms with Crippen LogP contribution in [0.15, 0.2) is 30.3 Å². The molecule has 3 nitrogen and oxygen atoms in total. The number of benzene rings is 1. The number of hydrogen-bond donors (Lipinski definition) is 1. The summed E-state index contributed by atoms with van der Waals surface area (Å²) in [6.45, 7) is 3.15. The van der Waals surface area contributed by atoms with E-state index in [4.69, 9.17) is 11.6 Å². The number of amides is 1. The van der Waals surface area contributed by atoms with E-state index in [0.29, 0.717) is 24.5 Å². The Balaban J connectivity index is 1.96. The van der Waals surface area contributed by atoms with Gasteiger partial charge in [0.2, 0.25) is 5.91 Å². The van der Waals surface area contributed by atoms with Gasteiger partial charge < -0.3 is 10.0 Å². The van der Waals surface area contributed by atoms with Crippen LogP contribution in [0.5, 0.6) is 0 Å². The second-order valence-electron chi connectivity index (χ2n) is 5.56. The lowest BCUT2D eigenvalue weighted by Crippen LogP contribution is -2.32. The molecule has 1 aromatic carbocycles. The maximum absolute atomic E-state index is 12.1. The Morgan fingerprint density at radius 2 is 2.00 bits per heavy atom. The molecule has 4 heteroatoms. The van der Waals surface area contributed by atoms with Gasteiger partial charge in [-0.2, -0.15) is 0 Å². The first-order chi connectivity index (χ1) is 9.46. The largest absolute Gasteiger partial charge is 0.390 e. The zero-order valence-corrected chi connectivity index (χ0v) is 12.4. The summed E-state index contributed by atoms with van der Waals surface area (Å²) >= 11 is 5.82. The summed E-state index contributed by atoms with van der Waals surface area (Å²) in [5, 5.41) is 10.7. The predicted octanol–water partition coefficient (Wildman–Crippen LogP) is 3.12. The van der Waals surface area contributed by atoms with Crippen LogP contribution in [-0.2, 0) is 4.79 Å². The molecule has 1 heterocycles. The summed E-state index contributed by atoms with van der Waals surface area (Å²) in [7, 11) is 0. The quantitative estimate of drug-likeness (QED) is 0.851. The molecule has 1 atom stereocenters. The molecule has 0 aromatic heterocycles. The van der Waals surface area contributed by atoms with E-state index < -0.39 is 5.60 Å². The number of hydrogen-bond acceptors (Lipinski definition) is 2. The van der Waals surface area contributed by atoms with Gasteiger partial charge in [0.25, 0.3) is 0 Å². The summed E-state index contributed by atoms with van der Waals surface area (Å²) in [5.74, 6) is -0.00218. The van der Waals surface area contributed by atoms with Gasteiger partial charge in [0.05, 0.1) is 5.60 Å². The third-order valence-corrected chi connectivity index (χ3v) is 3.92. The smallest absolute Gasteiger partial charge is 0.246 e. The van der Waals surface area contributed by atoms with E-state index in [9.17, 15) is 9.90 Å². The van der Waals surface area contributed by atoms with Gasteiger partial charge in [-0.15, -0.1) is 0 Å². The van der Waals surface area contributed by atoms with Gasteiger partial charge in [0.15, 0.2) is 0 Å². The summed E-state index contributed by atoms with van der Waals surface area (Å²) in [4.78, 5) is 13.9. The SMILES string of the molecule is CC1(O)CCCN(C(=O)/C=C/c2ccc(Cl)cc2)CC1. The normalized spacial score (nSPS) is 23.9. The number of aliphatic hydroxyl groups is 1. The van der Waals surface area contributed by atoms with Gasteiger partial charge in [-0.1, -0.05) is 23.7 Å². The first kappa shape index (κ1) is 15.1. The topological polar surface area (TPSA) is 40.5 Å². The molecule has 0 spiro atoms. The van der Waals surface area contributed by atoms with Crippen LogP contribution in [0.4, 0.5) is 0 Å². The molecule has 1 unspecified atom stereocenters. The number of likely N-dealkylation sites (tertiary alicyclic amines) is 1. The van der Waals surface area contributed by atoms with Gasteiger partial charge >= 0.3 is 0 Å². The monoisotopic (exact) mass is 293 g/mol. The molecule has 1 aliphatic rings. The molecule has 0 bridgehead atoms. The second-order valence-corrected chi connectivity index (χ2v) is 6.00. The average Bonchev–Trinajstić information content (AvgIpc) is 2.59. The Kier molecular flexibility index (Phi) is 4.84. The van der Waals surface area contributed by atoms with E-state index in [2.05, 4.69) is 0 Å². The zero-order chi connectivity index (χ0) is 14.6. The number of halogens is 1. The van der Waals surface area contributed by atoms with Crippen molar-refractivity contribution in [3.05, 3.63) is 40.9 Å². The van der Waals surface area contributed by atoms with Crippen molar-refractivity contribution in [1.82, 2.24) is 4.90 Å². The molecule has 1 N–H and O–H groups in total. The molecule has 108 valence electrons. The summed E-state index contributed by atoms with van der Waals surface area (Å²) in [5.41, 5.74) is 0.305. The molecule has 1 fully saturated rings. The van der Waals surface area contributed by atoms with Gasteiger partial charge in [-0.25, -0.2) is 0 Å². The van der Waals surface area contributed by atoms with Crippen molar-refractivity contribution in [2.75, 3.05) is 13.1 Å². The average molecular weight is 294 g/mol. The van der Waals surface area contributed by atoms with Crippen molar-refractivity contribution in [2.45, 2.75) is 31.8 Å². The lowest BCUT2D eigenvalue weighted by Gasteiger charge is -2.21. The molecule has 1 saturated heterocycles. The molecule has 1 aromatic rings. The number of carbonyl (C=O) groups excluding carboxylic acids is 1. The van der Waals surface area contributed by atoms with E-state index in [1.54, 1.807) is 29.2 Å². The standard InChI is InChI=1S/C16H20ClNO2/c1-16(20)9-2-11-18(12-10-16)15(19)8-5-13-3-6-14(17)7-4-13/h3-8,20H,2,9-12H2,1H3/b8-5+. The maximum Gasteiger partial charge on any atom is 0.246 e. The van der Waals surface area contributed by atoms with E-state index in [1.165, 1.54) is 0 Å². The highest BCUT2D eigenvalue weighted by Gasteiger charge is 2.26. The van der Waals surface area contributed by atoms with Crippen LogP contribution < -0.4 is 0 Å². The van der Waals surface area contributed by atoms with Crippen LogP contribution >= 0.6 is 11.6 Å². The van der Waals surface area contributed by atoms with E-state index in [1.807, 2.05) is 19.1 Å². The molecule has 1 aliphatic heterocycles. The van der Waals surface area contributed by atoms with Crippen molar-refractivity contribution < 1.29 is 9.90 Å². The number of rotatable bonds is 2. The molecule has 0 aliphatic carbocycles. The molecular formula is C16H20ClNO2. The fourth-order valence-electron chi connectivity index (χ4n) is 2.33. The second kappa shape index (κ2) is 6.42. The summed E-state index contributed by atoms with van der Waals surface area (Å²) < 4.78 is 0. The van der Waals surface area contributed by atoms with Crippen LogP contribution in [0, 0.1) is 0 Å². The minimum atomic E-state index is -0.644. The summed E-state index contributed by atoms with van der Waals surface area (Å²) in [6.07, 6.45) is 5.60. The predicted molar refractivity (Wildman–Crippen MR) is 81.5 cm³/mol. The lowest BCUT2D eigenvalue weighted by atomic mass is 9.98. The highest BCUT2D eigenvalue weighted by Crippen LogP contribution is 2.21. The van der Waals surface area contributed by atoms with Crippen molar-refractivity contribution in [3.8, 4) is 0 Å². The van der Waals surface area contributed by atoms with Crippen LogP contribution in [0.1, 0.15) is 31.7 Å². The molecular weight excluding hydrogens is 274 g/mol. The van der Waals surface area contributed by atoms with E-state index in [-0.39, 0.29) is 5.91 Å². The van der Waals surface area contributed by atoms with Gasteiger partial charge in [-0.3, -0.25) is 4.79 Å². The molecule has 2 rings (SSSR count). The van der Waals surface area contributed by atoms with Crippen molar-refractivity contribution in [2.24, 2.45) is 0 Å². The minimum absolute atomic E-state index is 0.00218. The van der Waals surface area contributed by atoms with E-state index in [0.717, 1.165) is 18.4 Å². The Bertz CT molecular complexity index is 494. The van der Waals surface area contributed by atoms with Crippen LogP contribution in [0.25, 0.3) is 6.08 Å². The van der Waals surface area contributed by atoms with E-state index >= 15 is 0 Å². The van der Waals surface area contributed by atoms with Crippen LogP contribution in [0.3, 0.4) is 0 Å². The van der Waals surface area contributed by atoms with Crippen LogP contribution in [-0.4, -0.2) is 34.6 Å². The molecule has 20 heavy (non-hydrogen) atoms. The summed E-state index contributed by atoms with van der Waals surface area (Å²) in [6, 6.07) is 7.35. The van der Waals surface area contributed by atoms with Gasteiger partial charge in [-0.05, 0) is 50.0 Å². The zero-order valence-electron chi connectivity index (χ0n) is 11.7. The number of carbonyl (C=O) groups is 1. The van der Waals surface area contributed by atoms with Gasteiger partial charge in [0, 0.05) is 24.2 Å². The highest BCUT2D eigenvalue weighted by atomic mass is 35.5. The van der Waals surface area contributed by atoms with Crippen molar-refractivity contribution in [3.63, 3.8) is 0 Å². The fraction of sp³-hybridized carbons (Fsp3) is 0.438. The third kappa shape index (κ3) is 4.36. The third-order valence-electron chi connectivity index (χ3n) is 3.66. The fourth-order valence-corrected chi connectivity index (χ4v) is 2.46. The maximum atomic E-state index is 12.1. The molecule has 1 amide bonds. The molecule has 0 radical (unpaired) electrons. The van der Waals surface area contributed by atoms with Crippen molar-refractivity contribution in [1.29, 1.82) is 0 Å². The highest BCUT2D eigenvalue weighted by molar-refractivity contribution is 6.30. The number of nitrogens with zero attached hydrogens (tertiary/aromatic N) is 1. The minimum Gasteiger partial charge on any atom is -0.390 e. The Labute approximate surface area is 124 Å². The lowest BCUT2D eigenvalue weighted by molar-refractivity contribution is -0.126. The Morgan fingerprint density at radius 1 is 1.30 bits per heavy atom. The first-order valence-corrected chi connectivity index (χ1v) is 7.29. The first-order valence-electron chi connectivity index (χ1n) is 6.91. The Morgan fingerprint density at radius 3 is 2.70 bits per heavy atom. The molecule has 0 saturated carbocycles.